The van der Waals surface area contributed by atoms with Gasteiger partial charge in [-0.05, 0) is 33.6 Å². The zero-order valence-corrected chi connectivity index (χ0v) is 16.0. The summed E-state index contributed by atoms with van der Waals surface area (Å²) in [6, 6.07) is 14.3. The minimum absolute atomic E-state index is 0.106. The minimum Gasteiger partial charge on any atom is -0.351 e. The fraction of sp³-hybridized carbons (Fsp3) is 0.389. The van der Waals surface area contributed by atoms with Crippen LogP contribution in [0.15, 0.2) is 46.3 Å². The molecule has 6 heteroatoms. The molecule has 0 radical (unpaired) electrons. The number of thiophene rings is 1. The molecule has 0 bridgehead atoms. The predicted molar refractivity (Wildman–Crippen MR) is 102 cm³/mol. The molecule has 1 amide bonds. The van der Waals surface area contributed by atoms with E-state index in [1.54, 1.807) is 11.3 Å². The summed E-state index contributed by atoms with van der Waals surface area (Å²) in [6.45, 7) is 6.03. The van der Waals surface area contributed by atoms with Gasteiger partial charge in [-0.2, -0.15) is 0 Å². The summed E-state index contributed by atoms with van der Waals surface area (Å²) in [4.78, 5) is 18.2. The average Bonchev–Trinajstić information content (AvgIpc) is 3.01. The highest BCUT2D eigenvalue weighted by molar-refractivity contribution is 9.11. The van der Waals surface area contributed by atoms with E-state index >= 15 is 0 Å². The van der Waals surface area contributed by atoms with Gasteiger partial charge < -0.3 is 5.32 Å². The predicted octanol–water partition coefficient (Wildman–Crippen LogP) is 2.94. The van der Waals surface area contributed by atoms with Crippen LogP contribution in [0, 0.1) is 0 Å². The molecule has 1 aromatic carbocycles. The molecule has 2 heterocycles. The third kappa shape index (κ3) is 5.41. The number of nitrogens with zero attached hydrogens (tertiary/aromatic N) is 2. The molecule has 1 aliphatic rings. The van der Waals surface area contributed by atoms with Gasteiger partial charge >= 0.3 is 0 Å². The Morgan fingerprint density at radius 2 is 1.75 bits per heavy atom. The maximum absolute atomic E-state index is 12.1. The first-order valence-electron chi connectivity index (χ1n) is 8.18. The third-order valence-corrected chi connectivity index (χ3v) is 5.78. The second-order valence-corrected chi connectivity index (χ2v) is 8.57. The highest BCUT2D eigenvalue weighted by atomic mass is 79.9. The number of benzene rings is 1. The highest BCUT2D eigenvalue weighted by Gasteiger charge is 2.19. The second kappa shape index (κ2) is 8.76. The molecule has 2 aromatic rings. The summed E-state index contributed by atoms with van der Waals surface area (Å²) in [6.07, 6.45) is 0. The van der Waals surface area contributed by atoms with E-state index in [0.29, 0.717) is 13.1 Å². The summed E-state index contributed by atoms with van der Waals surface area (Å²) < 4.78 is 1.19. The number of rotatable bonds is 6. The van der Waals surface area contributed by atoms with Gasteiger partial charge in [-0.25, -0.2) is 0 Å². The first-order chi connectivity index (χ1) is 11.7. The zero-order valence-electron chi connectivity index (χ0n) is 13.6. The Hall–Kier alpha value is -1.21. The summed E-state index contributed by atoms with van der Waals surface area (Å²) in [7, 11) is 0. The van der Waals surface area contributed by atoms with Crippen molar-refractivity contribution in [2.24, 2.45) is 0 Å². The molecule has 0 atom stereocenters. The number of amides is 1. The number of nitrogens with one attached hydrogen (secondary N) is 1. The third-order valence-electron chi connectivity index (χ3n) is 4.17. The Morgan fingerprint density at radius 1 is 1.04 bits per heavy atom. The van der Waals surface area contributed by atoms with Crippen molar-refractivity contribution in [3.8, 4) is 0 Å². The molecule has 0 saturated carbocycles. The van der Waals surface area contributed by atoms with Crippen molar-refractivity contribution < 1.29 is 4.79 Å². The number of hydrogen-bond donors (Lipinski definition) is 1. The van der Waals surface area contributed by atoms with Crippen LogP contribution in [-0.2, 0) is 17.9 Å². The van der Waals surface area contributed by atoms with E-state index in [2.05, 4.69) is 43.2 Å². The molecule has 1 fully saturated rings. The van der Waals surface area contributed by atoms with Gasteiger partial charge in [0, 0.05) is 44.1 Å². The fourth-order valence-corrected chi connectivity index (χ4v) is 4.34. The molecule has 1 N–H and O–H groups in total. The Balaban J connectivity index is 1.36. The van der Waals surface area contributed by atoms with Crippen LogP contribution < -0.4 is 5.32 Å². The monoisotopic (exact) mass is 407 g/mol. The van der Waals surface area contributed by atoms with Crippen molar-refractivity contribution in [1.82, 2.24) is 15.1 Å². The molecule has 0 aliphatic carbocycles. The molecule has 128 valence electrons. The molecule has 1 aliphatic heterocycles. The minimum atomic E-state index is 0.106. The van der Waals surface area contributed by atoms with Crippen LogP contribution in [0.3, 0.4) is 0 Å². The van der Waals surface area contributed by atoms with Crippen molar-refractivity contribution in [3.05, 3.63) is 56.7 Å². The Bertz CT molecular complexity index is 653. The van der Waals surface area contributed by atoms with E-state index in [1.807, 2.05) is 30.3 Å². The molecule has 4 nitrogen and oxygen atoms in total. The smallest absolute Gasteiger partial charge is 0.234 e. The lowest BCUT2D eigenvalue weighted by atomic mass is 10.2. The van der Waals surface area contributed by atoms with Crippen LogP contribution in [0.5, 0.6) is 0 Å². The van der Waals surface area contributed by atoms with Crippen LogP contribution in [0.1, 0.15) is 10.4 Å². The lowest BCUT2D eigenvalue weighted by molar-refractivity contribution is -0.122. The second-order valence-electron chi connectivity index (χ2n) is 6.02. The highest BCUT2D eigenvalue weighted by Crippen LogP contribution is 2.23. The topological polar surface area (TPSA) is 35.6 Å². The Labute approximate surface area is 155 Å². The maximum Gasteiger partial charge on any atom is 0.234 e. The van der Waals surface area contributed by atoms with Crippen LogP contribution in [0.2, 0.25) is 0 Å². The first kappa shape index (κ1) is 17.6. The van der Waals surface area contributed by atoms with Crippen LogP contribution in [-0.4, -0.2) is 48.4 Å². The van der Waals surface area contributed by atoms with E-state index < -0.39 is 0 Å². The molecule has 1 saturated heterocycles. The average molecular weight is 408 g/mol. The van der Waals surface area contributed by atoms with E-state index in [0.717, 1.165) is 38.3 Å². The van der Waals surface area contributed by atoms with Gasteiger partial charge in [-0.15, -0.1) is 11.3 Å². The Morgan fingerprint density at radius 3 is 2.42 bits per heavy atom. The lowest BCUT2D eigenvalue weighted by Gasteiger charge is -2.34. The van der Waals surface area contributed by atoms with Gasteiger partial charge in [0.15, 0.2) is 0 Å². The molecule has 3 rings (SSSR count). The molecule has 1 aromatic heterocycles. The number of carbonyl (C=O) groups is 1. The number of piperazine rings is 1. The number of hydrogen-bond acceptors (Lipinski definition) is 4. The molecule has 0 unspecified atom stereocenters. The molecule has 0 spiro atoms. The van der Waals surface area contributed by atoms with Crippen molar-refractivity contribution in [2.45, 2.75) is 13.1 Å². The van der Waals surface area contributed by atoms with Gasteiger partial charge in [-0.3, -0.25) is 14.6 Å². The van der Waals surface area contributed by atoms with Gasteiger partial charge in [0.25, 0.3) is 0 Å². The number of halogens is 1. The SMILES string of the molecule is O=C(CN1CCN(Cc2ccc(Br)s2)CC1)NCc1ccccc1. The van der Waals surface area contributed by atoms with E-state index in [4.69, 9.17) is 0 Å². The summed E-state index contributed by atoms with van der Waals surface area (Å²) in [5.74, 6) is 0.106. The molecular formula is C18H22BrN3OS. The van der Waals surface area contributed by atoms with Crippen molar-refractivity contribution in [1.29, 1.82) is 0 Å². The maximum atomic E-state index is 12.1. The van der Waals surface area contributed by atoms with Crippen LogP contribution >= 0.6 is 27.3 Å². The van der Waals surface area contributed by atoms with Crippen molar-refractivity contribution in [2.75, 3.05) is 32.7 Å². The zero-order chi connectivity index (χ0) is 16.8. The van der Waals surface area contributed by atoms with Gasteiger partial charge in [0.1, 0.15) is 0 Å². The largest absolute Gasteiger partial charge is 0.351 e. The van der Waals surface area contributed by atoms with Crippen LogP contribution in [0.25, 0.3) is 0 Å². The summed E-state index contributed by atoms with van der Waals surface area (Å²) in [5.41, 5.74) is 1.14. The van der Waals surface area contributed by atoms with Crippen molar-refractivity contribution in [3.63, 3.8) is 0 Å². The van der Waals surface area contributed by atoms with E-state index in [1.165, 1.54) is 8.66 Å². The van der Waals surface area contributed by atoms with E-state index in [-0.39, 0.29) is 5.91 Å². The summed E-state index contributed by atoms with van der Waals surface area (Å²) in [5, 5.41) is 3.00. The molecular weight excluding hydrogens is 386 g/mol. The van der Waals surface area contributed by atoms with E-state index in [9.17, 15) is 4.79 Å². The quantitative estimate of drug-likeness (QED) is 0.799. The fourth-order valence-electron chi connectivity index (χ4n) is 2.82. The standard InChI is InChI=1S/C18H22BrN3OS/c19-17-7-6-16(24-17)13-21-8-10-22(11-9-21)14-18(23)20-12-15-4-2-1-3-5-15/h1-7H,8-14H2,(H,20,23). The van der Waals surface area contributed by atoms with Crippen molar-refractivity contribution >= 4 is 33.2 Å². The Kier molecular flexibility index (Phi) is 6.43. The number of carbonyl (C=O) groups excluding carboxylic acids is 1. The molecule has 24 heavy (non-hydrogen) atoms. The first-order valence-corrected chi connectivity index (χ1v) is 9.79. The lowest BCUT2D eigenvalue weighted by Crippen LogP contribution is -2.48. The summed E-state index contributed by atoms with van der Waals surface area (Å²) >= 11 is 5.31. The van der Waals surface area contributed by atoms with Gasteiger partial charge in [0.2, 0.25) is 5.91 Å². The van der Waals surface area contributed by atoms with Gasteiger partial charge in [0.05, 0.1) is 10.3 Å². The normalized spacial score (nSPS) is 16.2. The van der Waals surface area contributed by atoms with Gasteiger partial charge in [-0.1, -0.05) is 30.3 Å². The van der Waals surface area contributed by atoms with Crippen LogP contribution in [0.4, 0.5) is 0 Å².